The van der Waals surface area contributed by atoms with Crippen molar-refractivity contribution in [3.63, 3.8) is 0 Å². The molecule has 1 N–H and O–H groups in total. The zero-order valence-electron chi connectivity index (χ0n) is 15.7. The summed E-state index contributed by atoms with van der Waals surface area (Å²) < 4.78 is 25.9. The van der Waals surface area contributed by atoms with Crippen LogP contribution in [0, 0.1) is 30.9 Å². The minimum atomic E-state index is -3.67. The van der Waals surface area contributed by atoms with Gasteiger partial charge in [0.15, 0.2) is 0 Å². The molecule has 2 rings (SSSR count). The normalized spacial score (nSPS) is 11.5. The quantitative estimate of drug-likeness (QED) is 0.622. The van der Waals surface area contributed by atoms with Crippen LogP contribution in [0.1, 0.15) is 27.0 Å². The molecule has 2 aromatic rings. The predicted octanol–water partition coefficient (Wildman–Crippen LogP) is 3.02. The van der Waals surface area contributed by atoms with Crippen LogP contribution in [-0.2, 0) is 10.0 Å². The second-order valence-corrected chi connectivity index (χ2v) is 8.56. The Morgan fingerprint density at radius 2 is 1.70 bits per heavy atom. The van der Waals surface area contributed by atoms with Crippen molar-refractivity contribution in [1.82, 2.24) is 4.31 Å². The molecule has 1 amide bonds. The monoisotopic (exact) mass is 391 g/mol. The molecule has 144 valence electrons. The average Bonchev–Trinajstić information content (AvgIpc) is 2.58. The van der Waals surface area contributed by atoms with E-state index in [-0.39, 0.29) is 16.1 Å². The van der Waals surface area contributed by atoms with Crippen LogP contribution in [0.25, 0.3) is 0 Å². The average molecular weight is 391 g/mol. The van der Waals surface area contributed by atoms with Gasteiger partial charge in [-0.2, -0.15) is 0 Å². The highest BCUT2D eigenvalue weighted by Crippen LogP contribution is 2.27. The Hall–Kier alpha value is -2.78. The van der Waals surface area contributed by atoms with Gasteiger partial charge in [0.1, 0.15) is 0 Å². The van der Waals surface area contributed by atoms with Gasteiger partial charge in [0.2, 0.25) is 10.0 Å². The Morgan fingerprint density at radius 1 is 1.07 bits per heavy atom. The Kier molecular flexibility index (Phi) is 5.67. The van der Waals surface area contributed by atoms with Crippen molar-refractivity contribution in [2.75, 3.05) is 19.4 Å². The number of sulfonamides is 1. The number of benzene rings is 2. The van der Waals surface area contributed by atoms with Crippen LogP contribution >= 0.6 is 0 Å². The maximum absolute atomic E-state index is 12.6. The number of hydrogen-bond acceptors (Lipinski definition) is 5. The maximum Gasteiger partial charge on any atom is 0.273 e. The summed E-state index contributed by atoms with van der Waals surface area (Å²) in [5.41, 5.74) is 2.15. The summed E-state index contributed by atoms with van der Waals surface area (Å²) in [5, 5.41) is 13.7. The third kappa shape index (κ3) is 4.15. The van der Waals surface area contributed by atoms with Crippen LogP contribution in [0.3, 0.4) is 0 Å². The highest BCUT2D eigenvalue weighted by molar-refractivity contribution is 7.89. The lowest BCUT2D eigenvalue weighted by atomic mass is 10.1. The van der Waals surface area contributed by atoms with Gasteiger partial charge in [-0.25, -0.2) is 12.7 Å². The summed E-state index contributed by atoms with van der Waals surface area (Å²) in [6.45, 7) is 5.09. The predicted molar refractivity (Wildman–Crippen MR) is 103 cm³/mol. The second kappa shape index (κ2) is 7.45. The lowest BCUT2D eigenvalue weighted by molar-refractivity contribution is -0.385. The third-order valence-corrected chi connectivity index (χ3v) is 6.13. The number of hydrogen-bond donors (Lipinski definition) is 1. The molecule has 0 saturated heterocycles. The minimum absolute atomic E-state index is 0.0563. The van der Waals surface area contributed by atoms with Crippen LogP contribution in [-0.4, -0.2) is 37.6 Å². The van der Waals surface area contributed by atoms with Crippen molar-refractivity contribution in [2.24, 2.45) is 0 Å². The van der Waals surface area contributed by atoms with Gasteiger partial charge in [-0.3, -0.25) is 14.9 Å². The van der Waals surface area contributed by atoms with E-state index in [9.17, 15) is 23.3 Å². The maximum atomic E-state index is 12.6. The van der Waals surface area contributed by atoms with Gasteiger partial charge in [0.05, 0.1) is 9.82 Å². The van der Waals surface area contributed by atoms with Gasteiger partial charge >= 0.3 is 0 Å². The van der Waals surface area contributed by atoms with Gasteiger partial charge in [-0.05, 0) is 50.1 Å². The summed E-state index contributed by atoms with van der Waals surface area (Å²) in [6.07, 6.45) is 0. The first kappa shape index (κ1) is 20.5. The smallest absolute Gasteiger partial charge is 0.273 e. The lowest BCUT2D eigenvalue weighted by Crippen LogP contribution is -2.23. The first-order valence-corrected chi connectivity index (χ1v) is 9.49. The molecule has 0 aliphatic heterocycles. The molecule has 0 aliphatic rings. The van der Waals surface area contributed by atoms with Crippen LogP contribution in [0.15, 0.2) is 35.2 Å². The van der Waals surface area contributed by atoms with Crippen LogP contribution < -0.4 is 5.32 Å². The zero-order valence-corrected chi connectivity index (χ0v) is 16.5. The van der Waals surface area contributed by atoms with Gasteiger partial charge < -0.3 is 5.32 Å². The highest BCUT2D eigenvalue weighted by Gasteiger charge is 2.21. The molecule has 27 heavy (non-hydrogen) atoms. The van der Waals surface area contributed by atoms with Crippen LogP contribution in [0.2, 0.25) is 0 Å². The fourth-order valence-electron chi connectivity index (χ4n) is 2.46. The molecule has 0 spiro atoms. The lowest BCUT2D eigenvalue weighted by Gasteiger charge is -2.16. The first-order chi connectivity index (χ1) is 12.4. The molecule has 0 radical (unpaired) electrons. The van der Waals surface area contributed by atoms with E-state index in [4.69, 9.17) is 0 Å². The molecule has 0 fully saturated rings. The number of nitro groups is 1. The van der Waals surface area contributed by atoms with E-state index in [0.717, 1.165) is 4.31 Å². The van der Waals surface area contributed by atoms with Crippen LogP contribution in [0.5, 0.6) is 0 Å². The fraction of sp³-hybridized carbons (Fsp3) is 0.278. The molecule has 0 atom stereocenters. The van der Waals surface area contributed by atoms with Gasteiger partial charge in [0, 0.05) is 37.0 Å². The number of carbonyl (C=O) groups excluding carboxylic acids is 1. The summed E-state index contributed by atoms with van der Waals surface area (Å²) in [5.74, 6) is -0.556. The molecule has 0 unspecified atom stereocenters. The first-order valence-electron chi connectivity index (χ1n) is 8.05. The molecule has 9 heteroatoms. The van der Waals surface area contributed by atoms with Gasteiger partial charge in [0.25, 0.3) is 11.6 Å². The number of aryl methyl sites for hydroxylation is 2. The molecule has 2 aromatic carbocycles. The molecule has 0 bridgehead atoms. The molecule has 0 heterocycles. The zero-order chi connectivity index (χ0) is 20.5. The minimum Gasteiger partial charge on any atom is -0.322 e. The number of nitrogens with one attached hydrogen (secondary N) is 1. The number of anilines is 1. The summed E-state index contributed by atoms with van der Waals surface area (Å²) in [6, 6.07) is 7.11. The SMILES string of the molecule is Cc1ccc(C(=O)Nc2cc(S(=O)(=O)N(C)C)cc(C)c2C)cc1[N+](=O)[O-]. The van der Waals surface area contributed by atoms with Gasteiger partial charge in [-0.15, -0.1) is 0 Å². The summed E-state index contributed by atoms with van der Waals surface area (Å²) in [4.78, 5) is 23.1. The van der Waals surface area contributed by atoms with E-state index < -0.39 is 20.9 Å². The van der Waals surface area contributed by atoms with Crippen molar-refractivity contribution in [2.45, 2.75) is 25.7 Å². The number of amides is 1. The van der Waals surface area contributed by atoms with E-state index >= 15 is 0 Å². The Bertz CT molecular complexity index is 1030. The molecular formula is C18H21N3O5S. The number of rotatable bonds is 5. The van der Waals surface area contributed by atoms with Crippen molar-refractivity contribution in [3.05, 3.63) is 62.7 Å². The molecule has 0 saturated carbocycles. The standard InChI is InChI=1S/C18H21N3O5S/c1-11-6-7-14(9-17(11)21(23)24)18(22)19-16-10-15(8-12(2)13(16)3)27(25,26)20(4)5/h6-10H,1-5H3,(H,19,22). The summed E-state index contributed by atoms with van der Waals surface area (Å²) in [7, 11) is -0.820. The van der Waals surface area contributed by atoms with Gasteiger partial charge in [-0.1, -0.05) is 6.07 Å². The Morgan fingerprint density at radius 3 is 2.26 bits per heavy atom. The van der Waals surface area contributed by atoms with Crippen molar-refractivity contribution >= 4 is 27.3 Å². The van der Waals surface area contributed by atoms with E-state index in [1.807, 2.05) is 0 Å². The summed E-state index contributed by atoms with van der Waals surface area (Å²) >= 11 is 0. The van der Waals surface area contributed by atoms with Crippen LogP contribution in [0.4, 0.5) is 11.4 Å². The Labute approximate surface area is 158 Å². The number of nitrogens with zero attached hydrogens (tertiary/aromatic N) is 2. The molecule has 0 aromatic heterocycles. The van der Waals surface area contributed by atoms with Crippen molar-refractivity contribution in [3.8, 4) is 0 Å². The Balaban J connectivity index is 2.46. The van der Waals surface area contributed by atoms with Crippen molar-refractivity contribution in [1.29, 1.82) is 0 Å². The number of nitro benzene ring substituents is 1. The fourth-order valence-corrected chi connectivity index (χ4v) is 3.47. The molecule has 0 aliphatic carbocycles. The van der Waals surface area contributed by atoms with E-state index in [0.29, 0.717) is 22.4 Å². The molecular weight excluding hydrogens is 370 g/mol. The second-order valence-electron chi connectivity index (χ2n) is 6.41. The van der Waals surface area contributed by atoms with Crippen molar-refractivity contribution < 1.29 is 18.1 Å². The topological polar surface area (TPSA) is 110 Å². The highest BCUT2D eigenvalue weighted by atomic mass is 32.2. The largest absolute Gasteiger partial charge is 0.322 e. The van der Waals surface area contributed by atoms with E-state index in [1.165, 1.54) is 44.4 Å². The molecule has 8 nitrogen and oxygen atoms in total. The van der Waals surface area contributed by atoms with E-state index in [2.05, 4.69) is 5.32 Å². The van der Waals surface area contributed by atoms with E-state index in [1.54, 1.807) is 20.8 Å². The third-order valence-electron chi connectivity index (χ3n) is 4.34. The number of carbonyl (C=O) groups is 1.